The Balaban J connectivity index is 1.20. The second-order valence-electron chi connectivity index (χ2n) is 10.1. The quantitative estimate of drug-likeness (QED) is 0.403. The summed E-state index contributed by atoms with van der Waals surface area (Å²) in [6, 6.07) is 13.3. The van der Waals surface area contributed by atoms with Crippen molar-refractivity contribution in [2.75, 3.05) is 19.6 Å². The van der Waals surface area contributed by atoms with E-state index in [1.807, 2.05) is 57.2 Å². The van der Waals surface area contributed by atoms with Crippen molar-refractivity contribution in [3.8, 4) is 11.5 Å². The van der Waals surface area contributed by atoms with E-state index in [1.54, 1.807) is 11.0 Å². The van der Waals surface area contributed by atoms with Crippen LogP contribution in [0.3, 0.4) is 0 Å². The van der Waals surface area contributed by atoms with E-state index < -0.39 is 5.60 Å². The van der Waals surface area contributed by atoms with E-state index in [9.17, 15) is 9.59 Å². The Morgan fingerprint density at radius 3 is 2.66 bits per heavy atom. The molecule has 9 nitrogen and oxygen atoms in total. The first kappa shape index (κ1) is 22.9. The van der Waals surface area contributed by atoms with Crippen LogP contribution < -0.4 is 5.32 Å². The van der Waals surface area contributed by atoms with E-state index in [0.29, 0.717) is 36.9 Å². The summed E-state index contributed by atoms with van der Waals surface area (Å²) in [5.74, 6) is 0.864. The van der Waals surface area contributed by atoms with Gasteiger partial charge in [-0.25, -0.2) is 9.78 Å². The maximum Gasteiger partial charge on any atom is 0.410 e. The number of hydrogen-bond acceptors (Lipinski definition) is 5. The fourth-order valence-electron chi connectivity index (χ4n) is 4.39. The molecule has 0 bridgehead atoms. The number of nitrogens with one attached hydrogen (secondary N) is 3. The molecule has 5 rings (SSSR count). The Labute approximate surface area is 203 Å². The van der Waals surface area contributed by atoms with Crippen LogP contribution in [0.25, 0.3) is 33.5 Å². The number of carbonyl (C=O) groups is 2. The third-order valence-electron chi connectivity index (χ3n) is 6.26. The molecule has 0 unspecified atom stereocenters. The lowest BCUT2D eigenvalue weighted by Crippen LogP contribution is -2.43. The highest BCUT2D eigenvalue weighted by atomic mass is 16.6. The molecule has 2 aromatic carbocycles. The zero-order chi connectivity index (χ0) is 24.6. The molecule has 1 aliphatic heterocycles. The van der Waals surface area contributed by atoms with Gasteiger partial charge in [0.1, 0.15) is 11.3 Å². The average molecular weight is 475 g/mol. The van der Waals surface area contributed by atoms with Gasteiger partial charge in [-0.2, -0.15) is 5.10 Å². The standard InChI is InChI=1S/C26H30N6O3/c1-26(2,3)35-25(34)32-12-10-16(11-13-32)15-27-24(33)17-8-9-20-21(14-17)29-23(28-20)22-18-6-4-5-7-19(18)30-31-22/h4-9,14,16H,10-13,15H2,1-3H3,(H,27,33)(H,28,29)(H,30,31). The van der Waals surface area contributed by atoms with Crippen LogP contribution in [0, 0.1) is 5.92 Å². The van der Waals surface area contributed by atoms with E-state index >= 15 is 0 Å². The van der Waals surface area contributed by atoms with Crippen molar-refractivity contribution in [3.63, 3.8) is 0 Å². The molecule has 0 radical (unpaired) electrons. The van der Waals surface area contributed by atoms with Crippen molar-refractivity contribution in [2.45, 2.75) is 39.2 Å². The van der Waals surface area contributed by atoms with Gasteiger partial charge in [-0.1, -0.05) is 18.2 Å². The van der Waals surface area contributed by atoms with E-state index in [2.05, 4.69) is 25.5 Å². The van der Waals surface area contributed by atoms with Gasteiger partial charge in [0, 0.05) is 30.6 Å². The number of hydrogen-bond donors (Lipinski definition) is 3. The number of para-hydroxylation sites is 1. The second kappa shape index (κ2) is 9.05. The SMILES string of the molecule is CC(C)(C)OC(=O)N1CCC(CNC(=O)c2ccc3nc(-c4n[nH]c5ccccc45)[nH]c3c2)CC1. The number of imidazole rings is 1. The van der Waals surface area contributed by atoms with E-state index in [-0.39, 0.29) is 12.0 Å². The minimum Gasteiger partial charge on any atom is -0.444 e. The Hall–Kier alpha value is -3.88. The zero-order valence-electron chi connectivity index (χ0n) is 20.2. The lowest BCUT2D eigenvalue weighted by molar-refractivity contribution is 0.0183. The molecular weight excluding hydrogens is 444 g/mol. The van der Waals surface area contributed by atoms with Crippen molar-refractivity contribution >= 4 is 33.9 Å². The number of fused-ring (bicyclic) bond motifs is 2. The maximum absolute atomic E-state index is 12.8. The molecule has 1 aliphatic rings. The minimum atomic E-state index is -0.496. The van der Waals surface area contributed by atoms with E-state index in [1.165, 1.54) is 0 Å². The van der Waals surface area contributed by atoms with Crippen LogP contribution in [0.1, 0.15) is 44.0 Å². The molecule has 1 fully saturated rings. The highest BCUT2D eigenvalue weighted by molar-refractivity contribution is 5.98. The van der Waals surface area contributed by atoms with Crippen molar-refractivity contribution in [3.05, 3.63) is 48.0 Å². The van der Waals surface area contributed by atoms with Crippen LogP contribution in [0.5, 0.6) is 0 Å². The van der Waals surface area contributed by atoms with Gasteiger partial charge in [0.2, 0.25) is 0 Å². The monoisotopic (exact) mass is 474 g/mol. The number of aromatic nitrogens is 4. The summed E-state index contributed by atoms with van der Waals surface area (Å²) in [6.45, 7) is 7.46. The van der Waals surface area contributed by atoms with Crippen LogP contribution in [0.15, 0.2) is 42.5 Å². The molecule has 182 valence electrons. The molecular formula is C26H30N6O3. The molecule has 0 spiro atoms. The first-order valence-corrected chi connectivity index (χ1v) is 12.0. The number of benzene rings is 2. The number of amides is 2. The fourth-order valence-corrected chi connectivity index (χ4v) is 4.39. The third kappa shape index (κ3) is 4.99. The number of aromatic amines is 2. The number of rotatable bonds is 4. The molecule has 2 amide bonds. The van der Waals surface area contributed by atoms with Gasteiger partial charge < -0.3 is 19.9 Å². The van der Waals surface area contributed by atoms with Gasteiger partial charge >= 0.3 is 6.09 Å². The smallest absolute Gasteiger partial charge is 0.410 e. The Bertz CT molecular complexity index is 1370. The first-order chi connectivity index (χ1) is 16.8. The summed E-state index contributed by atoms with van der Waals surface area (Å²) in [6.07, 6.45) is 1.40. The molecule has 4 aromatic rings. The molecule has 2 aromatic heterocycles. The normalized spacial score (nSPS) is 15.0. The van der Waals surface area contributed by atoms with Crippen LogP contribution in [-0.2, 0) is 4.74 Å². The Morgan fingerprint density at radius 2 is 1.89 bits per heavy atom. The van der Waals surface area contributed by atoms with Crippen molar-refractivity contribution in [1.82, 2.24) is 30.4 Å². The maximum atomic E-state index is 12.8. The molecule has 0 aliphatic carbocycles. The van der Waals surface area contributed by atoms with Crippen molar-refractivity contribution in [1.29, 1.82) is 0 Å². The summed E-state index contributed by atoms with van der Waals surface area (Å²) in [4.78, 5) is 34.8. The van der Waals surface area contributed by atoms with Gasteiger partial charge in [-0.3, -0.25) is 9.89 Å². The van der Waals surface area contributed by atoms with Gasteiger partial charge in [0.25, 0.3) is 5.91 Å². The van der Waals surface area contributed by atoms with Gasteiger partial charge in [-0.05, 0) is 63.8 Å². The fraction of sp³-hybridized carbons (Fsp3) is 0.385. The summed E-state index contributed by atoms with van der Waals surface area (Å²) in [7, 11) is 0. The molecule has 0 atom stereocenters. The lowest BCUT2D eigenvalue weighted by Gasteiger charge is -2.33. The summed E-state index contributed by atoms with van der Waals surface area (Å²) < 4.78 is 5.45. The van der Waals surface area contributed by atoms with Crippen LogP contribution in [0.2, 0.25) is 0 Å². The molecule has 9 heteroatoms. The predicted molar refractivity (Wildman–Crippen MR) is 134 cm³/mol. The number of piperidine rings is 1. The van der Waals surface area contributed by atoms with Crippen molar-refractivity contribution in [2.24, 2.45) is 5.92 Å². The second-order valence-corrected chi connectivity index (χ2v) is 10.1. The highest BCUT2D eigenvalue weighted by Crippen LogP contribution is 2.26. The average Bonchev–Trinajstić information content (AvgIpc) is 3.45. The van der Waals surface area contributed by atoms with E-state index in [0.717, 1.165) is 40.5 Å². The molecule has 3 heterocycles. The molecule has 1 saturated heterocycles. The lowest BCUT2D eigenvalue weighted by atomic mass is 9.97. The molecule has 35 heavy (non-hydrogen) atoms. The Kier molecular flexibility index (Phi) is 5.92. The zero-order valence-corrected chi connectivity index (χ0v) is 20.2. The number of H-pyrrole nitrogens is 2. The van der Waals surface area contributed by atoms with Gasteiger partial charge in [0.05, 0.1) is 16.6 Å². The molecule has 3 N–H and O–H groups in total. The predicted octanol–water partition coefficient (Wildman–Crippen LogP) is 4.48. The van der Waals surface area contributed by atoms with Crippen LogP contribution in [-0.4, -0.2) is 62.3 Å². The number of nitrogens with zero attached hydrogens (tertiary/aromatic N) is 3. The van der Waals surface area contributed by atoms with E-state index in [4.69, 9.17) is 4.74 Å². The minimum absolute atomic E-state index is 0.122. The highest BCUT2D eigenvalue weighted by Gasteiger charge is 2.27. The third-order valence-corrected chi connectivity index (χ3v) is 6.26. The molecule has 0 saturated carbocycles. The summed E-state index contributed by atoms with van der Waals surface area (Å²) >= 11 is 0. The van der Waals surface area contributed by atoms with Crippen molar-refractivity contribution < 1.29 is 14.3 Å². The number of likely N-dealkylation sites (tertiary alicyclic amines) is 1. The van der Waals surface area contributed by atoms with Crippen LogP contribution >= 0.6 is 0 Å². The first-order valence-electron chi connectivity index (χ1n) is 12.0. The largest absolute Gasteiger partial charge is 0.444 e. The summed E-state index contributed by atoms with van der Waals surface area (Å²) in [5, 5.41) is 11.5. The Morgan fingerprint density at radius 1 is 1.11 bits per heavy atom. The van der Waals surface area contributed by atoms with Gasteiger partial charge in [0.15, 0.2) is 5.82 Å². The topological polar surface area (TPSA) is 116 Å². The van der Waals surface area contributed by atoms with Crippen LogP contribution in [0.4, 0.5) is 4.79 Å². The van der Waals surface area contributed by atoms with Gasteiger partial charge in [-0.15, -0.1) is 0 Å². The summed E-state index contributed by atoms with van der Waals surface area (Å²) in [5.41, 5.74) is 3.33. The number of carbonyl (C=O) groups excluding carboxylic acids is 2. The number of ether oxygens (including phenoxy) is 1.